The van der Waals surface area contributed by atoms with Crippen LogP contribution >= 0.6 is 0 Å². The number of hydrogen-bond acceptors (Lipinski definition) is 11. The second-order valence-corrected chi connectivity index (χ2v) is 6.75. The van der Waals surface area contributed by atoms with Crippen LogP contribution < -0.4 is 0 Å². The molecule has 0 radical (unpaired) electrons. The summed E-state index contributed by atoms with van der Waals surface area (Å²) in [4.78, 5) is 58.7. The Balaban J connectivity index is 3.58. The van der Waals surface area contributed by atoms with Gasteiger partial charge in [0, 0.05) is 41.2 Å². The van der Waals surface area contributed by atoms with Crippen molar-refractivity contribution >= 4 is 29.8 Å². The van der Waals surface area contributed by atoms with Crippen LogP contribution in [-0.4, -0.2) is 79.8 Å². The van der Waals surface area contributed by atoms with E-state index < -0.39 is 73.1 Å². The zero-order valence-electron chi connectivity index (χ0n) is 18.0. The average Bonchev–Trinajstić information content (AvgIpc) is 2.61. The molecule has 1 aliphatic carbocycles. The highest BCUT2D eigenvalue weighted by Gasteiger charge is 2.59. The normalized spacial score (nSPS) is 27.5. The van der Waals surface area contributed by atoms with Crippen LogP contribution in [0.2, 0.25) is 0 Å². The van der Waals surface area contributed by atoms with Crippen molar-refractivity contribution in [2.24, 2.45) is 0 Å². The van der Waals surface area contributed by atoms with Gasteiger partial charge in [0.1, 0.15) is 6.10 Å². The zero-order chi connectivity index (χ0) is 23.7. The third kappa shape index (κ3) is 8.12. The van der Waals surface area contributed by atoms with Gasteiger partial charge in [-0.1, -0.05) is 0 Å². The van der Waals surface area contributed by atoms with Crippen molar-refractivity contribution in [3.05, 3.63) is 0 Å². The van der Waals surface area contributed by atoms with E-state index in [2.05, 4.69) is 0 Å². The van der Waals surface area contributed by atoms with E-state index in [0.717, 1.165) is 34.6 Å². The van der Waals surface area contributed by atoms with Crippen molar-refractivity contribution in [2.45, 2.75) is 77.7 Å². The Morgan fingerprint density at radius 3 is 1.03 bits per heavy atom. The molecule has 1 rings (SSSR count). The van der Waals surface area contributed by atoms with Crippen molar-refractivity contribution in [1.29, 1.82) is 0 Å². The summed E-state index contributed by atoms with van der Waals surface area (Å²) in [6.45, 7) is 4.42. The largest absolute Gasteiger partial charge is 0.455 e. The van der Waals surface area contributed by atoms with Crippen LogP contribution in [0.4, 0.5) is 4.39 Å². The number of carbonyl (C=O) groups is 5. The van der Waals surface area contributed by atoms with Crippen LogP contribution in [0.15, 0.2) is 0 Å². The first-order valence-electron chi connectivity index (χ1n) is 9.51. The van der Waals surface area contributed by atoms with Gasteiger partial charge in [-0.2, -0.15) is 0 Å². The molecule has 0 aromatic carbocycles. The average molecular weight is 450 g/mol. The first-order valence-corrected chi connectivity index (χ1v) is 9.51. The molecule has 12 heteroatoms. The maximum absolute atomic E-state index is 12.6. The molecule has 0 bridgehead atoms. The van der Waals surface area contributed by atoms with Gasteiger partial charge in [0.2, 0.25) is 0 Å². The van der Waals surface area contributed by atoms with Gasteiger partial charge in [0.25, 0.3) is 0 Å². The van der Waals surface area contributed by atoms with Crippen LogP contribution in [0.1, 0.15) is 41.0 Å². The predicted molar refractivity (Wildman–Crippen MR) is 98.1 cm³/mol. The molecule has 0 saturated heterocycles. The Hall–Kier alpha value is -2.76. The lowest BCUT2D eigenvalue weighted by atomic mass is 9.83. The number of esters is 5. The molecule has 0 aromatic rings. The summed E-state index contributed by atoms with van der Waals surface area (Å²) in [6, 6.07) is 0. The minimum atomic E-state index is -1.50. The molecule has 0 amide bonds. The van der Waals surface area contributed by atoms with E-state index in [9.17, 15) is 28.4 Å². The molecule has 1 saturated carbocycles. The second kappa shape index (κ2) is 12.2. The lowest BCUT2D eigenvalue weighted by molar-refractivity contribution is -0.262. The van der Waals surface area contributed by atoms with Gasteiger partial charge in [-0.3, -0.25) is 28.4 Å². The van der Waals surface area contributed by atoms with Crippen molar-refractivity contribution in [1.82, 2.24) is 0 Å². The summed E-state index contributed by atoms with van der Waals surface area (Å²) in [7, 11) is 0. The topological polar surface area (TPSA) is 141 Å². The third-order valence-electron chi connectivity index (χ3n) is 4.04. The molecule has 1 aliphatic rings. The van der Waals surface area contributed by atoms with Gasteiger partial charge in [-0.15, -0.1) is 0 Å². The van der Waals surface area contributed by atoms with Gasteiger partial charge in [0.15, 0.2) is 30.5 Å². The smallest absolute Gasteiger partial charge is 0.303 e. The fourth-order valence-electron chi connectivity index (χ4n) is 3.21. The lowest BCUT2D eigenvalue weighted by Gasteiger charge is -2.47. The summed E-state index contributed by atoms with van der Waals surface area (Å²) in [5.41, 5.74) is 0. The van der Waals surface area contributed by atoms with Crippen LogP contribution in [0.25, 0.3) is 0 Å². The summed E-state index contributed by atoms with van der Waals surface area (Å²) >= 11 is 0. The highest BCUT2D eigenvalue weighted by Crippen LogP contribution is 2.34. The SMILES string of the molecule is CC(=O)OC1C(OC(C)=O)[C@H](OCCCF)[C@@H](OC(C)=O)C(OC(C)=O)[C@H]1OC(C)=O. The van der Waals surface area contributed by atoms with Crippen molar-refractivity contribution in [3.63, 3.8) is 0 Å². The first-order chi connectivity index (χ1) is 14.5. The fraction of sp³-hybridized carbons (Fsp3) is 0.737. The van der Waals surface area contributed by atoms with E-state index in [1.807, 2.05) is 0 Å². The molecule has 0 N–H and O–H groups in total. The molecule has 176 valence electrons. The maximum atomic E-state index is 12.6. The molecule has 0 spiro atoms. The number of ether oxygens (including phenoxy) is 6. The van der Waals surface area contributed by atoms with Crippen molar-refractivity contribution < 1.29 is 56.8 Å². The van der Waals surface area contributed by atoms with Crippen LogP contribution in [0.3, 0.4) is 0 Å². The van der Waals surface area contributed by atoms with E-state index in [4.69, 9.17) is 28.4 Å². The van der Waals surface area contributed by atoms with Gasteiger partial charge >= 0.3 is 29.8 Å². The quantitative estimate of drug-likeness (QED) is 0.274. The zero-order valence-corrected chi connectivity index (χ0v) is 18.0. The Labute approximate surface area is 178 Å². The minimum absolute atomic E-state index is 0.0417. The highest BCUT2D eigenvalue weighted by molar-refractivity contribution is 5.70. The van der Waals surface area contributed by atoms with E-state index in [1.165, 1.54) is 0 Å². The molecule has 31 heavy (non-hydrogen) atoms. The molecule has 11 nitrogen and oxygen atoms in total. The molecular weight excluding hydrogens is 423 g/mol. The number of alkyl halides is 1. The summed E-state index contributed by atoms with van der Waals surface area (Å²) in [5, 5.41) is 0. The van der Waals surface area contributed by atoms with Crippen molar-refractivity contribution in [3.8, 4) is 0 Å². The lowest BCUT2D eigenvalue weighted by Crippen LogP contribution is -2.68. The Morgan fingerprint density at radius 2 is 0.806 bits per heavy atom. The fourth-order valence-corrected chi connectivity index (χ4v) is 3.21. The number of rotatable bonds is 9. The van der Waals surface area contributed by atoms with Crippen LogP contribution in [0.5, 0.6) is 0 Å². The second-order valence-electron chi connectivity index (χ2n) is 6.75. The number of halogens is 1. The molecule has 6 atom stereocenters. The molecule has 0 aromatic heterocycles. The molecule has 0 aliphatic heterocycles. The van der Waals surface area contributed by atoms with Gasteiger partial charge in [-0.25, -0.2) is 0 Å². The summed E-state index contributed by atoms with van der Waals surface area (Å²) in [6.07, 6.45) is -8.68. The summed E-state index contributed by atoms with van der Waals surface area (Å²) in [5.74, 6) is -4.10. The minimum Gasteiger partial charge on any atom is -0.455 e. The van der Waals surface area contributed by atoms with E-state index in [-0.39, 0.29) is 13.0 Å². The van der Waals surface area contributed by atoms with Gasteiger partial charge < -0.3 is 28.4 Å². The van der Waals surface area contributed by atoms with Crippen LogP contribution in [0, 0.1) is 0 Å². The van der Waals surface area contributed by atoms with Gasteiger partial charge in [0.05, 0.1) is 6.67 Å². The van der Waals surface area contributed by atoms with Gasteiger partial charge in [-0.05, 0) is 6.42 Å². The highest BCUT2D eigenvalue weighted by atomic mass is 19.1. The van der Waals surface area contributed by atoms with E-state index in [1.54, 1.807) is 0 Å². The monoisotopic (exact) mass is 450 g/mol. The molecular formula is C19H27FO11. The van der Waals surface area contributed by atoms with Crippen LogP contribution in [-0.2, 0) is 52.4 Å². The molecule has 0 heterocycles. The number of carbonyl (C=O) groups excluding carboxylic acids is 5. The standard InChI is InChI=1S/C19H27FO11/c1-9(21)27-15-14(26-8-6-7-20)16(28-10(2)22)18(30-12(4)24)19(31-13(5)25)17(15)29-11(3)23/h14-19H,6-8H2,1-5H3/t14-,15-,16?,17?,18?,19-/m1/s1. The third-order valence-corrected chi connectivity index (χ3v) is 4.04. The number of hydrogen-bond donors (Lipinski definition) is 0. The maximum Gasteiger partial charge on any atom is 0.303 e. The summed E-state index contributed by atoms with van der Waals surface area (Å²) < 4.78 is 44.5. The Bertz CT molecular complexity index is 636. The van der Waals surface area contributed by atoms with E-state index in [0.29, 0.717) is 0 Å². The van der Waals surface area contributed by atoms with Crippen molar-refractivity contribution in [2.75, 3.05) is 13.3 Å². The first kappa shape index (κ1) is 26.3. The Kier molecular flexibility index (Phi) is 10.3. The van der Waals surface area contributed by atoms with E-state index >= 15 is 0 Å². The molecule has 1 fully saturated rings. The molecule has 3 unspecified atom stereocenters. The predicted octanol–water partition coefficient (Wildman–Crippen LogP) is 0.403. The Morgan fingerprint density at radius 1 is 0.548 bits per heavy atom.